The Balaban J connectivity index is 1.72. The summed E-state index contributed by atoms with van der Waals surface area (Å²) in [7, 11) is 0. The van der Waals surface area contributed by atoms with E-state index in [0.717, 1.165) is 32.2 Å². The van der Waals surface area contributed by atoms with E-state index in [1.165, 1.54) is 36.8 Å². The zero-order valence-corrected chi connectivity index (χ0v) is 13.3. The maximum absolute atomic E-state index is 11.2. The Labute approximate surface area is 129 Å². The van der Waals surface area contributed by atoms with Gasteiger partial charge < -0.3 is 10.4 Å². The highest BCUT2D eigenvalue weighted by molar-refractivity contribution is 5.36. The zero-order valence-electron chi connectivity index (χ0n) is 13.3. The van der Waals surface area contributed by atoms with E-state index in [9.17, 15) is 5.11 Å². The minimum atomic E-state index is -0.587. The monoisotopic (exact) mass is 287 g/mol. The van der Waals surface area contributed by atoms with Crippen LogP contribution >= 0.6 is 0 Å². The molecule has 0 saturated heterocycles. The number of benzene rings is 1. The van der Waals surface area contributed by atoms with Gasteiger partial charge in [0, 0.05) is 6.04 Å². The average Bonchev–Trinajstić information content (AvgIpc) is 2.46. The van der Waals surface area contributed by atoms with Crippen LogP contribution in [0.5, 0.6) is 0 Å². The van der Waals surface area contributed by atoms with Crippen molar-refractivity contribution in [3.8, 4) is 0 Å². The van der Waals surface area contributed by atoms with Crippen molar-refractivity contribution in [1.82, 2.24) is 5.32 Å². The largest absolute Gasteiger partial charge is 0.385 e. The van der Waals surface area contributed by atoms with E-state index in [1.807, 2.05) is 0 Å². The number of rotatable bonds is 5. The molecule has 2 fully saturated rings. The highest BCUT2D eigenvalue weighted by atomic mass is 16.3. The Morgan fingerprint density at radius 1 is 1.14 bits per heavy atom. The fraction of sp³-hybridized carbons (Fsp3) is 0.684. The van der Waals surface area contributed by atoms with E-state index in [0.29, 0.717) is 12.0 Å². The molecule has 2 heteroatoms. The van der Waals surface area contributed by atoms with Gasteiger partial charge in [-0.2, -0.15) is 0 Å². The van der Waals surface area contributed by atoms with Crippen molar-refractivity contribution >= 4 is 0 Å². The molecular formula is C19H29NO. The molecule has 0 bridgehead atoms. The second-order valence-electron chi connectivity index (χ2n) is 6.98. The predicted molar refractivity (Wildman–Crippen MR) is 87.5 cm³/mol. The lowest BCUT2D eigenvalue weighted by molar-refractivity contribution is -0.00960. The van der Waals surface area contributed by atoms with Gasteiger partial charge >= 0.3 is 0 Å². The van der Waals surface area contributed by atoms with Crippen LogP contribution in [-0.4, -0.2) is 17.7 Å². The van der Waals surface area contributed by atoms with Crippen LogP contribution in [0, 0.1) is 0 Å². The fourth-order valence-corrected chi connectivity index (χ4v) is 3.91. The quantitative estimate of drug-likeness (QED) is 0.855. The van der Waals surface area contributed by atoms with E-state index < -0.39 is 5.60 Å². The van der Waals surface area contributed by atoms with Crippen LogP contribution in [0.1, 0.15) is 75.3 Å². The molecular weight excluding hydrogens is 258 g/mol. The molecule has 3 rings (SSSR count). The van der Waals surface area contributed by atoms with Crippen molar-refractivity contribution in [3.63, 3.8) is 0 Å². The van der Waals surface area contributed by atoms with Crippen LogP contribution in [-0.2, 0) is 5.60 Å². The van der Waals surface area contributed by atoms with E-state index >= 15 is 0 Å². The highest BCUT2D eigenvalue weighted by Gasteiger charge is 2.37. The minimum Gasteiger partial charge on any atom is -0.385 e. The molecule has 1 aromatic rings. The first-order valence-electron chi connectivity index (χ1n) is 8.78. The fourth-order valence-electron chi connectivity index (χ4n) is 3.91. The Bertz CT molecular complexity index is 458. The molecule has 2 saturated carbocycles. The van der Waals surface area contributed by atoms with Gasteiger partial charge in [-0.25, -0.2) is 0 Å². The molecule has 21 heavy (non-hydrogen) atoms. The van der Waals surface area contributed by atoms with Crippen LogP contribution in [0.25, 0.3) is 0 Å². The Hall–Kier alpha value is -0.860. The van der Waals surface area contributed by atoms with Gasteiger partial charge in [0.05, 0.1) is 5.60 Å². The maximum Gasteiger partial charge on any atom is 0.0900 e. The Kier molecular flexibility index (Phi) is 4.66. The molecule has 116 valence electrons. The third-order valence-electron chi connectivity index (χ3n) is 5.50. The van der Waals surface area contributed by atoms with E-state index in [1.54, 1.807) is 0 Å². The molecule has 2 N–H and O–H groups in total. The molecule has 0 atom stereocenters. The Morgan fingerprint density at radius 3 is 2.48 bits per heavy atom. The maximum atomic E-state index is 11.2. The summed E-state index contributed by atoms with van der Waals surface area (Å²) < 4.78 is 0. The van der Waals surface area contributed by atoms with E-state index in [2.05, 4.69) is 36.5 Å². The topological polar surface area (TPSA) is 32.3 Å². The standard InChI is InChI=1S/C19H29NO/c1-2-14-20-16-10-12-19(21,13-11-16)18-9-4-3-8-17(18)15-6-5-7-15/h3-4,8-9,15-16,20-21H,2,5-7,10-14H2,1H3. The summed E-state index contributed by atoms with van der Waals surface area (Å²) in [5.74, 6) is 0.696. The molecule has 1 aromatic carbocycles. The lowest BCUT2D eigenvalue weighted by Crippen LogP contribution is -2.40. The summed E-state index contributed by atoms with van der Waals surface area (Å²) in [6.45, 7) is 3.31. The van der Waals surface area contributed by atoms with Gasteiger partial charge in [-0.05, 0) is 68.5 Å². The van der Waals surface area contributed by atoms with Crippen molar-refractivity contribution < 1.29 is 5.11 Å². The highest BCUT2D eigenvalue weighted by Crippen LogP contribution is 2.45. The summed E-state index contributed by atoms with van der Waals surface area (Å²) >= 11 is 0. The average molecular weight is 287 g/mol. The van der Waals surface area contributed by atoms with Crippen molar-refractivity contribution in [2.75, 3.05) is 6.54 Å². The predicted octanol–water partition coefficient (Wildman–Crippen LogP) is 4.08. The molecule has 2 aliphatic rings. The summed E-state index contributed by atoms with van der Waals surface area (Å²) in [6.07, 6.45) is 9.12. The summed E-state index contributed by atoms with van der Waals surface area (Å²) in [6, 6.07) is 9.25. The van der Waals surface area contributed by atoms with Gasteiger partial charge in [-0.3, -0.25) is 0 Å². The molecule has 0 unspecified atom stereocenters. The van der Waals surface area contributed by atoms with Crippen LogP contribution in [0.4, 0.5) is 0 Å². The molecule has 0 heterocycles. The molecule has 2 nitrogen and oxygen atoms in total. The Morgan fingerprint density at radius 2 is 1.86 bits per heavy atom. The van der Waals surface area contributed by atoms with E-state index in [-0.39, 0.29) is 0 Å². The van der Waals surface area contributed by atoms with Crippen molar-refractivity contribution in [2.24, 2.45) is 0 Å². The lowest BCUT2D eigenvalue weighted by Gasteiger charge is -2.40. The second-order valence-corrected chi connectivity index (χ2v) is 6.98. The van der Waals surface area contributed by atoms with Gasteiger partial charge in [-0.15, -0.1) is 0 Å². The van der Waals surface area contributed by atoms with Gasteiger partial charge in [0.2, 0.25) is 0 Å². The second kappa shape index (κ2) is 6.50. The van der Waals surface area contributed by atoms with Gasteiger partial charge in [-0.1, -0.05) is 37.6 Å². The normalized spacial score (nSPS) is 30.1. The third-order valence-corrected chi connectivity index (χ3v) is 5.50. The smallest absolute Gasteiger partial charge is 0.0900 e. The summed E-state index contributed by atoms with van der Waals surface area (Å²) in [4.78, 5) is 0. The lowest BCUT2D eigenvalue weighted by atomic mass is 9.71. The van der Waals surface area contributed by atoms with Crippen LogP contribution in [0.2, 0.25) is 0 Å². The summed E-state index contributed by atoms with van der Waals surface area (Å²) in [5, 5.41) is 14.8. The van der Waals surface area contributed by atoms with Crippen molar-refractivity contribution in [3.05, 3.63) is 35.4 Å². The van der Waals surface area contributed by atoms with E-state index in [4.69, 9.17) is 0 Å². The van der Waals surface area contributed by atoms with Crippen LogP contribution in [0.15, 0.2) is 24.3 Å². The first-order valence-corrected chi connectivity index (χ1v) is 8.78. The van der Waals surface area contributed by atoms with Crippen molar-refractivity contribution in [2.45, 2.75) is 75.9 Å². The third kappa shape index (κ3) is 3.17. The molecule has 0 aliphatic heterocycles. The number of nitrogens with one attached hydrogen (secondary N) is 1. The first kappa shape index (κ1) is 15.1. The molecule has 0 spiro atoms. The first-order chi connectivity index (χ1) is 10.2. The van der Waals surface area contributed by atoms with Crippen LogP contribution in [0.3, 0.4) is 0 Å². The summed E-state index contributed by atoms with van der Waals surface area (Å²) in [5.41, 5.74) is 2.06. The zero-order chi connectivity index (χ0) is 14.7. The van der Waals surface area contributed by atoms with Crippen LogP contribution < -0.4 is 5.32 Å². The molecule has 0 amide bonds. The molecule has 2 aliphatic carbocycles. The van der Waals surface area contributed by atoms with Crippen molar-refractivity contribution in [1.29, 1.82) is 0 Å². The molecule has 0 radical (unpaired) electrons. The number of hydrogen-bond acceptors (Lipinski definition) is 2. The number of hydrogen-bond donors (Lipinski definition) is 2. The minimum absolute atomic E-state index is 0.587. The number of aliphatic hydroxyl groups is 1. The molecule has 0 aromatic heterocycles. The van der Waals surface area contributed by atoms with Gasteiger partial charge in [0.25, 0.3) is 0 Å². The SMILES string of the molecule is CCCNC1CCC(O)(c2ccccc2C2CCC2)CC1. The van der Waals surface area contributed by atoms with Gasteiger partial charge in [0.15, 0.2) is 0 Å². The van der Waals surface area contributed by atoms with Gasteiger partial charge in [0.1, 0.15) is 0 Å².